The van der Waals surface area contributed by atoms with Crippen molar-refractivity contribution < 1.29 is 4.74 Å². The van der Waals surface area contributed by atoms with Crippen LogP contribution in [0.5, 0.6) is 0 Å². The van der Waals surface area contributed by atoms with E-state index in [4.69, 9.17) is 9.73 Å². The van der Waals surface area contributed by atoms with Crippen molar-refractivity contribution >= 4 is 35.6 Å². The van der Waals surface area contributed by atoms with Crippen molar-refractivity contribution in [3.8, 4) is 0 Å². The molecule has 0 radical (unpaired) electrons. The van der Waals surface area contributed by atoms with E-state index < -0.39 is 0 Å². The van der Waals surface area contributed by atoms with Gasteiger partial charge in [0.2, 0.25) is 0 Å². The highest BCUT2D eigenvalue weighted by atomic mass is 127. The zero-order chi connectivity index (χ0) is 17.3. The lowest BCUT2D eigenvalue weighted by Crippen LogP contribution is -2.45. The van der Waals surface area contributed by atoms with Crippen molar-refractivity contribution in [2.45, 2.75) is 19.4 Å². The Morgan fingerprint density at radius 1 is 1.19 bits per heavy atom. The Bertz CT molecular complexity index is 536. The summed E-state index contributed by atoms with van der Waals surface area (Å²) in [5.41, 5.74) is 1.31. The van der Waals surface area contributed by atoms with E-state index in [1.165, 1.54) is 5.69 Å². The molecule has 1 atom stereocenters. The van der Waals surface area contributed by atoms with Gasteiger partial charge in [-0.3, -0.25) is 9.89 Å². The van der Waals surface area contributed by atoms with Gasteiger partial charge in [-0.05, 0) is 25.5 Å². The number of ether oxygens (including phenoxy) is 1. The van der Waals surface area contributed by atoms with Crippen molar-refractivity contribution in [2.24, 2.45) is 4.99 Å². The molecular formula is C19H32IN5O. The topological polar surface area (TPSA) is 52.1 Å². The molecule has 0 amide bonds. The molecule has 26 heavy (non-hydrogen) atoms. The van der Waals surface area contributed by atoms with Gasteiger partial charge in [-0.15, -0.1) is 24.0 Å². The number of para-hydroxylation sites is 1. The average molecular weight is 473 g/mol. The minimum absolute atomic E-state index is 0. The molecule has 2 aliphatic rings. The molecule has 7 heteroatoms. The molecule has 2 fully saturated rings. The second-order valence-electron chi connectivity index (χ2n) is 6.63. The smallest absolute Gasteiger partial charge is 0.191 e. The summed E-state index contributed by atoms with van der Waals surface area (Å²) in [6.07, 6.45) is 1.14. The summed E-state index contributed by atoms with van der Waals surface area (Å²) in [5.74, 6) is 0.940. The zero-order valence-corrected chi connectivity index (χ0v) is 18.0. The number of nitrogens with one attached hydrogen (secondary N) is 2. The quantitative estimate of drug-likeness (QED) is 0.375. The number of morpholine rings is 1. The van der Waals surface area contributed by atoms with Crippen molar-refractivity contribution in [3.05, 3.63) is 30.3 Å². The second-order valence-corrected chi connectivity index (χ2v) is 6.63. The van der Waals surface area contributed by atoms with Crippen molar-refractivity contribution in [1.29, 1.82) is 0 Å². The van der Waals surface area contributed by atoms with E-state index >= 15 is 0 Å². The lowest BCUT2D eigenvalue weighted by atomic mass is 10.3. The van der Waals surface area contributed by atoms with Crippen molar-refractivity contribution in [2.75, 3.05) is 63.9 Å². The third kappa shape index (κ3) is 6.59. The summed E-state index contributed by atoms with van der Waals surface area (Å²) in [6, 6.07) is 11.1. The predicted molar refractivity (Wildman–Crippen MR) is 119 cm³/mol. The van der Waals surface area contributed by atoms with Gasteiger partial charge in [-0.2, -0.15) is 0 Å². The molecule has 2 saturated heterocycles. The Morgan fingerprint density at radius 2 is 1.96 bits per heavy atom. The first-order valence-electron chi connectivity index (χ1n) is 9.50. The molecule has 0 bridgehead atoms. The SMILES string of the molecule is CCNC(=NCCN1CCOCC1)NC1CCN(c2ccccc2)C1.I. The standard InChI is InChI=1S/C19H31N5O.HI/c1-2-20-19(21-9-11-23-12-14-25-15-13-23)22-17-8-10-24(16-17)18-6-4-3-5-7-18;/h3-7,17H,2,8-16H2,1H3,(H2,20,21,22);1H. The minimum atomic E-state index is 0. The number of benzene rings is 1. The summed E-state index contributed by atoms with van der Waals surface area (Å²) in [4.78, 5) is 9.62. The molecule has 0 spiro atoms. The monoisotopic (exact) mass is 473 g/mol. The number of anilines is 1. The normalized spacial score (nSPS) is 21.3. The largest absolute Gasteiger partial charge is 0.379 e. The Morgan fingerprint density at radius 3 is 2.69 bits per heavy atom. The maximum absolute atomic E-state index is 5.39. The maximum Gasteiger partial charge on any atom is 0.191 e. The van der Waals surface area contributed by atoms with E-state index in [0.29, 0.717) is 6.04 Å². The van der Waals surface area contributed by atoms with Gasteiger partial charge < -0.3 is 20.3 Å². The molecule has 0 saturated carbocycles. The summed E-state index contributed by atoms with van der Waals surface area (Å²) in [6.45, 7) is 10.7. The lowest BCUT2D eigenvalue weighted by Gasteiger charge is -2.26. The molecule has 3 rings (SSSR count). The maximum atomic E-state index is 5.39. The van der Waals surface area contributed by atoms with Crippen LogP contribution in [0.1, 0.15) is 13.3 Å². The Hall–Kier alpha value is -1.06. The molecule has 1 unspecified atom stereocenters. The van der Waals surface area contributed by atoms with E-state index in [-0.39, 0.29) is 24.0 Å². The van der Waals surface area contributed by atoms with Gasteiger partial charge in [0.1, 0.15) is 0 Å². The van der Waals surface area contributed by atoms with E-state index in [0.717, 1.165) is 71.4 Å². The number of hydrogen-bond acceptors (Lipinski definition) is 4. The van der Waals surface area contributed by atoms with Crippen LogP contribution < -0.4 is 15.5 Å². The summed E-state index contributed by atoms with van der Waals surface area (Å²) >= 11 is 0. The fraction of sp³-hybridized carbons (Fsp3) is 0.632. The van der Waals surface area contributed by atoms with Gasteiger partial charge >= 0.3 is 0 Å². The van der Waals surface area contributed by atoms with Gasteiger partial charge in [0.25, 0.3) is 0 Å². The first-order valence-corrected chi connectivity index (χ1v) is 9.50. The molecule has 146 valence electrons. The fourth-order valence-corrected chi connectivity index (χ4v) is 3.39. The van der Waals surface area contributed by atoms with Gasteiger partial charge in [0, 0.05) is 51.0 Å². The molecule has 2 heterocycles. The fourth-order valence-electron chi connectivity index (χ4n) is 3.39. The molecule has 2 aliphatic heterocycles. The van der Waals surface area contributed by atoms with Gasteiger partial charge in [-0.1, -0.05) is 18.2 Å². The molecule has 6 nitrogen and oxygen atoms in total. The van der Waals surface area contributed by atoms with Crippen LogP contribution >= 0.6 is 24.0 Å². The number of halogens is 1. The predicted octanol–water partition coefficient (Wildman–Crippen LogP) is 1.77. The van der Waals surface area contributed by atoms with Gasteiger partial charge in [0.15, 0.2) is 5.96 Å². The van der Waals surface area contributed by atoms with Crippen LogP contribution in [-0.2, 0) is 4.74 Å². The Labute approximate surface area is 174 Å². The lowest BCUT2D eigenvalue weighted by molar-refractivity contribution is 0.0394. The van der Waals surface area contributed by atoms with Crippen LogP contribution in [0.25, 0.3) is 0 Å². The summed E-state index contributed by atoms with van der Waals surface area (Å²) < 4.78 is 5.39. The first kappa shape index (κ1) is 21.2. The summed E-state index contributed by atoms with van der Waals surface area (Å²) in [5, 5.41) is 6.99. The van der Waals surface area contributed by atoms with Crippen LogP contribution in [0, 0.1) is 0 Å². The van der Waals surface area contributed by atoms with E-state index in [1.54, 1.807) is 0 Å². The molecule has 0 aliphatic carbocycles. The number of aliphatic imine (C=N–C) groups is 1. The van der Waals surface area contributed by atoms with Gasteiger partial charge in [0.05, 0.1) is 19.8 Å². The highest BCUT2D eigenvalue weighted by Gasteiger charge is 2.23. The van der Waals surface area contributed by atoms with Crippen molar-refractivity contribution in [1.82, 2.24) is 15.5 Å². The average Bonchev–Trinajstić information content (AvgIpc) is 3.12. The molecule has 1 aromatic rings. The Kier molecular flexibility index (Phi) is 9.49. The van der Waals surface area contributed by atoms with Gasteiger partial charge in [-0.25, -0.2) is 0 Å². The third-order valence-corrected chi connectivity index (χ3v) is 4.78. The molecular weight excluding hydrogens is 441 g/mol. The second kappa shape index (κ2) is 11.6. The van der Waals surface area contributed by atoms with Crippen LogP contribution in [0.15, 0.2) is 35.3 Å². The molecule has 1 aromatic carbocycles. The van der Waals surface area contributed by atoms with Crippen LogP contribution in [0.4, 0.5) is 5.69 Å². The highest BCUT2D eigenvalue weighted by Crippen LogP contribution is 2.19. The zero-order valence-electron chi connectivity index (χ0n) is 15.7. The number of rotatable bonds is 6. The van der Waals surface area contributed by atoms with Crippen LogP contribution in [-0.4, -0.2) is 75.9 Å². The highest BCUT2D eigenvalue weighted by molar-refractivity contribution is 14.0. The third-order valence-electron chi connectivity index (χ3n) is 4.78. The molecule has 0 aromatic heterocycles. The van der Waals surface area contributed by atoms with Crippen molar-refractivity contribution in [3.63, 3.8) is 0 Å². The van der Waals surface area contributed by atoms with E-state index in [9.17, 15) is 0 Å². The van der Waals surface area contributed by atoms with E-state index in [2.05, 4.69) is 57.7 Å². The molecule has 2 N–H and O–H groups in total. The number of guanidine groups is 1. The minimum Gasteiger partial charge on any atom is -0.379 e. The first-order chi connectivity index (χ1) is 12.3. The van der Waals surface area contributed by atoms with E-state index in [1.807, 2.05) is 0 Å². The Balaban J connectivity index is 0.00000243. The number of hydrogen-bond donors (Lipinski definition) is 2. The van der Waals surface area contributed by atoms with Crippen LogP contribution in [0.3, 0.4) is 0 Å². The number of nitrogens with zero attached hydrogens (tertiary/aromatic N) is 3. The summed E-state index contributed by atoms with van der Waals surface area (Å²) in [7, 11) is 0. The van der Waals surface area contributed by atoms with Crippen LogP contribution in [0.2, 0.25) is 0 Å².